The quantitative estimate of drug-likeness (QED) is 0.438. The van der Waals surface area contributed by atoms with Crippen LogP contribution in [0, 0.1) is 0 Å². The fraction of sp³-hybridized carbons (Fsp3) is 0.500. The van der Waals surface area contributed by atoms with E-state index in [1.807, 2.05) is 0 Å². The zero-order valence-corrected chi connectivity index (χ0v) is 5.28. The molecule has 1 aliphatic rings. The Morgan fingerprint density at radius 2 is 2.30 bits per heavy atom. The molecule has 4 heteroatoms. The lowest BCUT2D eigenvalue weighted by Crippen LogP contribution is -2.28. The summed E-state index contributed by atoms with van der Waals surface area (Å²) in [5.74, 6) is -1.29. The molecule has 0 bridgehead atoms. The van der Waals surface area contributed by atoms with E-state index in [-0.39, 0.29) is 13.0 Å². The first-order valence-electron chi connectivity index (χ1n) is 2.95. The van der Waals surface area contributed by atoms with Gasteiger partial charge < -0.3 is 5.11 Å². The van der Waals surface area contributed by atoms with Crippen LogP contribution in [-0.2, 0) is 9.59 Å². The minimum atomic E-state index is -1.22. The molecule has 1 rings (SSSR count). The molecule has 0 aromatic heterocycles. The largest absolute Gasteiger partial charge is 0.383 e. The molecular weight excluding hydrogens is 134 g/mol. The molecule has 0 aliphatic carbocycles. The molecule has 54 valence electrons. The highest BCUT2D eigenvalue weighted by atomic mass is 16.3. The Hall–Kier alpha value is -1.03. The van der Waals surface area contributed by atoms with Crippen LogP contribution in [0.2, 0.25) is 0 Å². The Kier molecular flexibility index (Phi) is 1.91. The summed E-state index contributed by atoms with van der Waals surface area (Å²) in [5, 5.41) is 8.84. The first kappa shape index (κ1) is 7.08. The minimum Gasteiger partial charge on any atom is -0.383 e. The van der Waals surface area contributed by atoms with Gasteiger partial charge in [0.15, 0.2) is 0 Å². The molecule has 10 heavy (non-hydrogen) atoms. The number of ketones is 2. The van der Waals surface area contributed by atoms with Crippen LogP contribution in [0.1, 0.15) is 6.42 Å². The van der Waals surface area contributed by atoms with E-state index in [0.29, 0.717) is 0 Å². The van der Waals surface area contributed by atoms with Crippen molar-refractivity contribution in [3.63, 3.8) is 0 Å². The maximum atomic E-state index is 10.7. The summed E-state index contributed by atoms with van der Waals surface area (Å²) in [7, 11) is 0. The number of nitrogens with zero attached hydrogens (tertiary/aromatic N) is 1. The SMILES string of the molecule is O=C1CC=NCC(O)C1=O. The maximum absolute atomic E-state index is 10.7. The summed E-state index contributed by atoms with van der Waals surface area (Å²) < 4.78 is 0. The van der Waals surface area contributed by atoms with Crippen molar-refractivity contribution in [1.29, 1.82) is 0 Å². The number of carbonyl (C=O) groups is 2. The minimum absolute atomic E-state index is 0.0184. The van der Waals surface area contributed by atoms with Crippen LogP contribution >= 0.6 is 0 Å². The highest BCUT2D eigenvalue weighted by molar-refractivity contribution is 6.41. The molecule has 0 radical (unpaired) electrons. The van der Waals surface area contributed by atoms with Gasteiger partial charge in [-0.25, -0.2) is 0 Å². The van der Waals surface area contributed by atoms with E-state index in [0.717, 1.165) is 0 Å². The lowest BCUT2D eigenvalue weighted by Gasteiger charge is -1.99. The van der Waals surface area contributed by atoms with Gasteiger partial charge in [0, 0.05) is 12.6 Å². The summed E-state index contributed by atoms with van der Waals surface area (Å²) in [6, 6.07) is 0. The van der Waals surface area contributed by atoms with Crippen molar-refractivity contribution in [3.05, 3.63) is 0 Å². The van der Waals surface area contributed by atoms with E-state index in [9.17, 15) is 9.59 Å². The smallest absolute Gasteiger partial charge is 0.229 e. The van der Waals surface area contributed by atoms with Crippen LogP contribution in [-0.4, -0.2) is 35.5 Å². The first-order chi connectivity index (χ1) is 4.72. The summed E-state index contributed by atoms with van der Waals surface area (Å²) in [5.41, 5.74) is 0. The van der Waals surface area contributed by atoms with Crippen molar-refractivity contribution in [1.82, 2.24) is 0 Å². The second-order valence-corrected chi connectivity index (χ2v) is 2.06. The molecule has 0 aromatic carbocycles. The number of hydrogen-bond donors (Lipinski definition) is 1. The van der Waals surface area contributed by atoms with Crippen LogP contribution in [0.3, 0.4) is 0 Å². The van der Waals surface area contributed by atoms with Crippen LogP contribution in [0.5, 0.6) is 0 Å². The summed E-state index contributed by atoms with van der Waals surface area (Å²) in [6.45, 7) is 0.0184. The Balaban J connectivity index is 2.74. The number of hydrogen-bond acceptors (Lipinski definition) is 4. The first-order valence-corrected chi connectivity index (χ1v) is 2.95. The van der Waals surface area contributed by atoms with Crippen molar-refractivity contribution in [3.8, 4) is 0 Å². The third-order valence-corrected chi connectivity index (χ3v) is 1.26. The van der Waals surface area contributed by atoms with E-state index in [4.69, 9.17) is 5.11 Å². The van der Waals surface area contributed by atoms with Gasteiger partial charge in [-0.05, 0) is 0 Å². The molecule has 0 fully saturated rings. The van der Waals surface area contributed by atoms with E-state index in [1.165, 1.54) is 6.21 Å². The molecule has 0 spiro atoms. The molecule has 0 saturated carbocycles. The van der Waals surface area contributed by atoms with Gasteiger partial charge in [0.25, 0.3) is 0 Å². The van der Waals surface area contributed by atoms with Gasteiger partial charge in [-0.3, -0.25) is 14.6 Å². The number of aliphatic hydroxyl groups is 1. The third kappa shape index (κ3) is 1.27. The lowest BCUT2D eigenvalue weighted by atomic mass is 10.1. The fourth-order valence-corrected chi connectivity index (χ4v) is 0.691. The molecule has 4 nitrogen and oxygen atoms in total. The molecule has 1 N–H and O–H groups in total. The van der Waals surface area contributed by atoms with Crippen LogP contribution in [0.25, 0.3) is 0 Å². The van der Waals surface area contributed by atoms with Crippen molar-refractivity contribution >= 4 is 17.8 Å². The summed E-state index contributed by atoms with van der Waals surface area (Å²) in [6.07, 6.45) is 0.165. The van der Waals surface area contributed by atoms with Crippen LogP contribution in [0.15, 0.2) is 4.99 Å². The van der Waals surface area contributed by atoms with E-state index in [1.54, 1.807) is 0 Å². The van der Waals surface area contributed by atoms with Gasteiger partial charge in [-0.2, -0.15) is 0 Å². The zero-order chi connectivity index (χ0) is 7.56. The van der Waals surface area contributed by atoms with Gasteiger partial charge in [0.2, 0.25) is 11.6 Å². The predicted molar refractivity (Wildman–Crippen MR) is 34.0 cm³/mol. The van der Waals surface area contributed by atoms with E-state index >= 15 is 0 Å². The Labute approximate surface area is 57.6 Å². The summed E-state index contributed by atoms with van der Waals surface area (Å²) >= 11 is 0. The van der Waals surface area contributed by atoms with Crippen molar-refractivity contribution in [2.45, 2.75) is 12.5 Å². The molecule has 1 atom stereocenters. The highest BCUT2D eigenvalue weighted by Crippen LogP contribution is 1.96. The molecule has 1 unspecified atom stereocenters. The number of aliphatic hydroxyl groups excluding tert-OH is 1. The molecule has 0 amide bonds. The number of aliphatic imine (C=N–C) groups is 1. The molecular formula is C6H7NO3. The lowest BCUT2D eigenvalue weighted by molar-refractivity contribution is -0.140. The topological polar surface area (TPSA) is 66.7 Å². The predicted octanol–water partition coefficient (Wildman–Crippen LogP) is -1.04. The highest BCUT2D eigenvalue weighted by Gasteiger charge is 2.23. The van der Waals surface area contributed by atoms with Gasteiger partial charge in [0.05, 0.1) is 6.54 Å². The van der Waals surface area contributed by atoms with Gasteiger partial charge in [-0.1, -0.05) is 0 Å². The third-order valence-electron chi connectivity index (χ3n) is 1.26. The fourth-order valence-electron chi connectivity index (χ4n) is 0.691. The van der Waals surface area contributed by atoms with Gasteiger partial charge in [-0.15, -0.1) is 0 Å². The van der Waals surface area contributed by atoms with Crippen LogP contribution in [0.4, 0.5) is 0 Å². The van der Waals surface area contributed by atoms with E-state index in [2.05, 4.69) is 4.99 Å². The number of carbonyl (C=O) groups excluding carboxylic acids is 2. The Morgan fingerprint density at radius 3 is 3.00 bits per heavy atom. The Bertz CT molecular complexity index is 197. The average Bonchev–Trinajstić information content (AvgIpc) is 2.04. The maximum Gasteiger partial charge on any atom is 0.229 e. The van der Waals surface area contributed by atoms with Gasteiger partial charge in [0.1, 0.15) is 6.10 Å². The van der Waals surface area contributed by atoms with Crippen molar-refractivity contribution < 1.29 is 14.7 Å². The number of Topliss-reactive ketones (excluding diaryl/α,β-unsaturated/α-hetero) is 2. The van der Waals surface area contributed by atoms with Crippen molar-refractivity contribution in [2.75, 3.05) is 6.54 Å². The second-order valence-electron chi connectivity index (χ2n) is 2.06. The number of rotatable bonds is 0. The molecule has 1 heterocycles. The molecule has 0 aromatic rings. The second kappa shape index (κ2) is 2.70. The normalized spacial score (nSPS) is 26.7. The van der Waals surface area contributed by atoms with Gasteiger partial charge >= 0.3 is 0 Å². The molecule has 1 aliphatic heterocycles. The monoisotopic (exact) mass is 141 g/mol. The zero-order valence-electron chi connectivity index (χ0n) is 5.28. The average molecular weight is 141 g/mol. The molecule has 0 saturated heterocycles. The van der Waals surface area contributed by atoms with Crippen LogP contribution < -0.4 is 0 Å². The Morgan fingerprint density at radius 1 is 1.60 bits per heavy atom. The standard InChI is InChI=1S/C6H7NO3/c8-4-1-2-7-3-5(9)6(4)10/h2,5,9H,1,3H2. The summed E-state index contributed by atoms with van der Waals surface area (Å²) in [4.78, 5) is 24.9. The van der Waals surface area contributed by atoms with E-state index < -0.39 is 17.7 Å². The van der Waals surface area contributed by atoms with Crippen molar-refractivity contribution in [2.24, 2.45) is 4.99 Å².